The third-order valence-electron chi connectivity index (χ3n) is 3.31. The molecule has 0 bridgehead atoms. The number of hydrogen-bond donors (Lipinski definition) is 2. The molecule has 0 saturated carbocycles. The number of carbonyl (C=O) groups excluding carboxylic acids is 1. The molecule has 4 nitrogen and oxygen atoms in total. The minimum Gasteiger partial charge on any atom is -0.330 e. The van der Waals surface area contributed by atoms with Crippen LogP contribution >= 0.6 is 0 Å². The second-order valence-electron chi connectivity index (χ2n) is 4.61. The number of nitrogens with zero attached hydrogens (tertiary/aromatic N) is 1. The minimum atomic E-state index is -0.352. The Labute approximate surface area is 106 Å². The molecule has 0 atom stereocenters. The van der Waals surface area contributed by atoms with Gasteiger partial charge in [0.1, 0.15) is 5.82 Å². The smallest absolute Gasteiger partial charge is 0.321 e. The number of amides is 2. The zero-order chi connectivity index (χ0) is 13.0. The normalized spacial score (nSPS) is 16.7. The van der Waals surface area contributed by atoms with Gasteiger partial charge in [-0.05, 0) is 43.5 Å². The van der Waals surface area contributed by atoms with Crippen LogP contribution in [0.2, 0.25) is 0 Å². The van der Waals surface area contributed by atoms with Gasteiger partial charge in [-0.25, -0.2) is 9.18 Å². The Kier molecular flexibility index (Phi) is 4.15. The summed E-state index contributed by atoms with van der Waals surface area (Å²) in [5.74, 6) is 0.165. The van der Waals surface area contributed by atoms with E-state index >= 15 is 0 Å². The Morgan fingerprint density at radius 1 is 1.44 bits per heavy atom. The van der Waals surface area contributed by atoms with Gasteiger partial charge in [-0.3, -0.25) is 0 Å². The lowest BCUT2D eigenvalue weighted by atomic mass is 9.97. The second kappa shape index (κ2) is 5.82. The number of nitrogens with one attached hydrogen (secondary N) is 1. The number of hydrogen-bond acceptors (Lipinski definition) is 2. The van der Waals surface area contributed by atoms with Crippen molar-refractivity contribution >= 4 is 11.7 Å². The van der Waals surface area contributed by atoms with Gasteiger partial charge in [0.15, 0.2) is 0 Å². The van der Waals surface area contributed by atoms with Crippen LogP contribution in [-0.4, -0.2) is 30.6 Å². The molecule has 1 fully saturated rings. The van der Waals surface area contributed by atoms with Crippen LogP contribution in [0, 0.1) is 11.7 Å². The number of anilines is 1. The molecule has 1 saturated heterocycles. The predicted molar refractivity (Wildman–Crippen MR) is 68.8 cm³/mol. The zero-order valence-electron chi connectivity index (χ0n) is 10.2. The van der Waals surface area contributed by atoms with Gasteiger partial charge < -0.3 is 16.0 Å². The van der Waals surface area contributed by atoms with Gasteiger partial charge in [-0.1, -0.05) is 6.07 Å². The van der Waals surface area contributed by atoms with E-state index in [2.05, 4.69) is 5.32 Å². The first-order valence-electron chi connectivity index (χ1n) is 6.20. The van der Waals surface area contributed by atoms with Gasteiger partial charge in [-0.2, -0.15) is 0 Å². The molecule has 1 aliphatic heterocycles. The average molecular weight is 251 g/mol. The van der Waals surface area contributed by atoms with Crippen LogP contribution in [-0.2, 0) is 0 Å². The Hall–Kier alpha value is -1.62. The third kappa shape index (κ3) is 3.20. The number of urea groups is 1. The van der Waals surface area contributed by atoms with Crippen LogP contribution in [0.15, 0.2) is 24.3 Å². The van der Waals surface area contributed by atoms with Crippen molar-refractivity contribution < 1.29 is 9.18 Å². The van der Waals surface area contributed by atoms with Gasteiger partial charge in [0.2, 0.25) is 0 Å². The molecule has 1 aromatic rings. The molecule has 18 heavy (non-hydrogen) atoms. The highest BCUT2D eigenvalue weighted by Crippen LogP contribution is 2.17. The van der Waals surface area contributed by atoms with E-state index in [1.165, 1.54) is 12.1 Å². The molecule has 2 rings (SSSR count). The van der Waals surface area contributed by atoms with Gasteiger partial charge in [-0.15, -0.1) is 0 Å². The van der Waals surface area contributed by atoms with E-state index in [1.807, 2.05) is 0 Å². The number of benzene rings is 1. The van der Waals surface area contributed by atoms with Gasteiger partial charge >= 0.3 is 6.03 Å². The maximum Gasteiger partial charge on any atom is 0.321 e. The molecular weight excluding hydrogens is 233 g/mol. The Morgan fingerprint density at radius 3 is 2.78 bits per heavy atom. The fourth-order valence-electron chi connectivity index (χ4n) is 2.14. The van der Waals surface area contributed by atoms with Gasteiger partial charge in [0.25, 0.3) is 0 Å². The number of piperidine rings is 1. The first-order valence-corrected chi connectivity index (χ1v) is 6.20. The number of rotatable bonds is 2. The lowest BCUT2D eigenvalue weighted by molar-refractivity contribution is 0.184. The summed E-state index contributed by atoms with van der Waals surface area (Å²) in [6.07, 6.45) is 1.88. The van der Waals surface area contributed by atoms with E-state index in [0.29, 0.717) is 31.2 Å². The topological polar surface area (TPSA) is 58.4 Å². The summed E-state index contributed by atoms with van der Waals surface area (Å²) in [5, 5.41) is 2.70. The van der Waals surface area contributed by atoms with E-state index in [-0.39, 0.29) is 11.8 Å². The molecule has 1 aliphatic rings. The number of nitrogens with two attached hydrogens (primary N) is 1. The van der Waals surface area contributed by atoms with Crippen molar-refractivity contribution in [3.05, 3.63) is 30.1 Å². The van der Waals surface area contributed by atoms with E-state index in [0.717, 1.165) is 12.8 Å². The van der Waals surface area contributed by atoms with Gasteiger partial charge in [0.05, 0.1) is 0 Å². The van der Waals surface area contributed by atoms with Crippen LogP contribution in [0.1, 0.15) is 12.8 Å². The summed E-state index contributed by atoms with van der Waals surface area (Å²) in [6.45, 7) is 2.10. The van der Waals surface area contributed by atoms with Crippen LogP contribution in [0.5, 0.6) is 0 Å². The molecule has 0 aromatic heterocycles. The van der Waals surface area contributed by atoms with Crippen LogP contribution in [0.25, 0.3) is 0 Å². The lowest BCUT2D eigenvalue weighted by Crippen LogP contribution is -2.42. The molecular formula is C13H18FN3O. The summed E-state index contributed by atoms with van der Waals surface area (Å²) in [5.41, 5.74) is 6.09. The van der Waals surface area contributed by atoms with Crippen molar-refractivity contribution in [3.63, 3.8) is 0 Å². The molecule has 1 heterocycles. The first-order chi connectivity index (χ1) is 8.69. The number of likely N-dealkylation sites (tertiary alicyclic amines) is 1. The Morgan fingerprint density at radius 2 is 2.17 bits per heavy atom. The molecule has 0 aliphatic carbocycles. The van der Waals surface area contributed by atoms with Crippen molar-refractivity contribution in [2.45, 2.75) is 12.8 Å². The predicted octanol–water partition coefficient (Wildman–Crippen LogP) is 2.03. The highest BCUT2D eigenvalue weighted by molar-refractivity contribution is 5.89. The lowest BCUT2D eigenvalue weighted by Gasteiger charge is -2.31. The SMILES string of the molecule is NCC1CCN(C(=O)Nc2cccc(F)c2)CC1. The summed E-state index contributed by atoms with van der Waals surface area (Å²) in [7, 11) is 0. The average Bonchev–Trinajstić information content (AvgIpc) is 2.39. The highest BCUT2D eigenvalue weighted by Gasteiger charge is 2.21. The van der Waals surface area contributed by atoms with E-state index in [9.17, 15) is 9.18 Å². The molecule has 0 spiro atoms. The van der Waals surface area contributed by atoms with E-state index < -0.39 is 0 Å². The fraction of sp³-hybridized carbons (Fsp3) is 0.462. The van der Waals surface area contributed by atoms with Crippen molar-refractivity contribution in [2.24, 2.45) is 11.7 Å². The van der Waals surface area contributed by atoms with Crippen molar-refractivity contribution in [3.8, 4) is 0 Å². The van der Waals surface area contributed by atoms with E-state index in [4.69, 9.17) is 5.73 Å². The van der Waals surface area contributed by atoms with Crippen LogP contribution in [0.4, 0.5) is 14.9 Å². The zero-order valence-corrected chi connectivity index (χ0v) is 10.2. The summed E-state index contributed by atoms with van der Waals surface area (Å²) < 4.78 is 13.0. The molecule has 3 N–H and O–H groups in total. The maximum atomic E-state index is 13.0. The third-order valence-corrected chi connectivity index (χ3v) is 3.31. The summed E-state index contributed by atoms with van der Waals surface area (Å²) in [6, 6.07) is 5.74. The monoisotopic (exact) mass is 251 g/mol. The molecule has 98 valence electrons. The van der Waals surface area contributed by atoms with Crippen molar-refractivity contribution in [2.75, 3.05) is 25.0 Å². The minimum absolute atomic E-state index is 0.170. The first kappa shape index (κ1) is 12.8. The quantitative estimate of drug-likeness (QED) is 0.845. The Balaban J connectivity index is 1.89. The molecule has 0 unspecified atom stereocenters. The number of carbonyl (C=O) groups is 1. The molecule has 2 amide bonds. The fourth-order valence-corrected chi connectivity index (χ4v) is 2.14. The van der Waals surface area contributed by atoms with Crippen molar-refractivity contribution in [1.82, 2.24) is 4.90 Å². The van der Waals surface area contributed by atoms with Crippen molar-refractivity contribution in [1.29, 1.82) is 0 Å². The maximum absolute atomic E-state index is 13.0. The van der Waals surface area contributed by atoms with Crippen LogP contribution < -0.4 is 11.1 Å². The highest BCUT2D eigenvalue weighted by atomic mass is 19.1. The standard InChI is InChI=1S/C13H18FN3O/c14-11-2-1-3-12(8-11)16-13(18)17-6-4-10(9-15)5-7-17/h1-3,8,10H,4-7,9,15H2,(H,16,18). The Bertz CT molecular complexity index is 416. The number of halogens is 1. The van der Waals surface area contributed by atoms with Gasteiger partial charge in [0, 0.05) is 18.8 Å². The van der Waals surface area contributed by atoms with Crippen LogP contribution in [0.3, 0.4) is 0 Å². The summed E-state index contributed by atoms with van der Waals surface area (Å²) >= 11 is 0. The summed E-state index contributed by atoms with van der Waals surface area (Å²) in [4.78, 5) is 13.7. The second-order valence-corrected chi connectivity index (χ2v) is 4.61. The molecule has 1 aromatic carbocycles. The molecule has 0 radical (unpaired) electrons. The largest absolute Gasteiger partial charge is 0.330 e. The van der Waals surface area contributed by atoms with E-state index in [1.54, 1.807) is 17.0 Å². The molecule has 5 heteroatoms.